The lowest BCUT2D eigenvalue weighted by atomic mass is 9.84. The Morgan fingerprint density at radius 3 is 2.80 bits per heavy atom. The molecule has 0 N–H and O–H groups in total. The molecule has 0 aliphatic heterocycles. The molecule has 2 heteroatoms. The molecule has 0 unspecified atom stereocenters. The first-order chi connectivity index (χ1) is 4.86. The van der Waals surface area contributed by atoms with E-state index in [1.807, 2.05) is 0 Å². The fraction of sp³-hybridized carbons (Fsp3) is 0.625. The van der Waals surface area contributed by atoms with Crippen LogP contribution in [0.25, 0.3) is 0 Å². The molecule has 1 aliphatic carbocycles. The molecule has 1 aliphatic rings. The van der Waals surface area contributed by atoms with Crippen LogP contribution in [0.4, 0.5) is 0 Å². The van der Waals surface area contributed by atoms with E-state index < -0.39 is 0 Å². The van der Waals surface area contributed by atoms with Gasteiger partial charge in [-0.25, -0.2) is 0 Å². The van der Waals surface area contributed by atoms with E-state index in [0.29, 0.717) is 0 Å². The smallest absolute Gasteiger partial charge is 0.0514 e. The molecule has 1 saturated carbocycles. The minimum atomic E-state index is 0.867. The summed E-state index contributed by atoms with van der Waals surface area (Å²) in [6.07, 6.45) is 4.20. The molecule has 0 atom stereocenters. The highest BCUT2D eigenvalue weighted by Crippen LogP contribution is 2.38. The molecular weight excluding hydrogens is 142 g/mol. The van der Waals surface area contributed by atoms with Crippen LogP contribution in [0.5, 0.6) is 0 Å². The average Bonchev–Trinajstić information content (AvgIpc) is 2.10. The largest absolute Gasteiger partial charge is 0.198 e. The Bertz CT molecular complexity index is 225. The topological polar surface area (TPSA) is 12.9 Å². The van der Waals surface area contributed by atoms with Crippen LogP contribution in [0.1, 0.15) is 35.8 Å². The summed E-state index contributed by atoms with van der Waals surface area (Å²) < 4.78 is 4.26. The maximum absolute atomic E-state index is 4.26. The lowest BCUT2D eigenvalue weighted by Gasteiger charge is -2.23. The fourth-order valence-electron chi connectivity index (χ4n) is 1.27. The van der Waals surface area contributed by atoms with Crippen LogP contribution in [0, 0.1) is 6.92 Å². The lowest BCUT2D eigenvalue weighted by molar-refractivity contribution is 0.425. The summed E-state index contributed by atoms with van der Waals surface area (Å²) in [5, 5.41) is 0. The van der Waals surface area contributed by atoms with Crippen molar-refractivity contribution in [1.29, 1.82) is 0 Å². The predicted octanol–water partition coefficient (Wildman–Crippen LogP) is 2.72. The highest BCUT2D eigenvalue weighted by Gasteiger charge is 2.20. The summed E-state index contributed by atoms with van der Waals surface area (Å²) in [4.78, 5) is 1.50. The molecule has 0 bridgehead atoms. The summed E-state index contributed by atoms with van der Waals surface area (Å²) in [6, 6.07) is 2.23. The molecule has 0 aromatic carbocycles. The average molecular weight is 153 g/mol. The van der Waals surface area contributed by atoms with Gasteiger partial charge in [-0.15, -0.1) is 0 Å². The number of aryl methyl sites for hydroxylation is 1. The molecule has 1 fully saturated rings. The van der Waals surface area contributed by atoms with E-state index in [9.17, 15) is 0 Å². The number of hydrogen-bond donors (Lipinski definition) is 0. The summed E-state index contributed by atoms with van der Waals surface area (Å²) in [5.41, 5.74) is 1.19. The molecule has 10 heavy (non-hydrogen) atoms. The highest BCUT2D eigenvalue weighted by molar-refractivity contribution is 7.05. The Kier molecular flexibility index (Phi) is 1.49. The van der Waals surface area contributed by atoms with Crippen LogP contribution in [0.2, 0.25) is 0 Å². The van der Waals surface area contributed by atoms with Crippen molar-refractivity contribution in [2.24, 2.45) is 0 Å². The van der Waals surface area contributed by atoms with Crippen molar-refractivity contribution in [3.63, 3.8) is 0 Å². The van der Waals surface area contributed by atoms with Gasteiger partial charge in [0.05, 0.1) is 5.69 Å². The van der Waals surface area contributed by atoms with Gasteiger partial charge in [0.15, 0.2) is 0 Å². The van der Waals surface area contributed by atoms with Crippen molar-refractivity contribution in [1.82, 2.24) is 4.37 Å². The molecule has 2 rings (SSSR count). The summed E-state index contributed by atoms with van der Waals surface area (Å²) in [6.45, 7) is 2.07. The Morgan fingerprint density at radius 2 is 2.40 bits per heavy atom. The zero-order valence-electron chi connectivity index (χ0n) is 6.13. The van der Waals surface area contributed by atoms with Crippen molar-refractivity contribution in [3.8, 4) is 0 Å². The van der Waals surface area contributed by atoms with Gasteiger partial charge in [0.2, 0.25) is 0 Å². The van der Waals surface area contributed by atoms with E-state index in [4.69, 9.17) is 0 Å². The molecule has 1 heterocycles. The Labute approximate surface area is 65.3 Å². The van der Waals surface area contributed by atoms with E-state index in [0.717, 1.165) is 5.92 Å². The SMILES string of the molecule is Cc1cc(C2CCC2)sn1. The molecule has 1 aromatic heterocycles. The van der Waals surface area contributed by atoms with Gasteiger partial charge in [-0.05, 0) is 43.3 Å². The van der Waals surface area contributed by atoms with E-state index in [-0.39, 0.29) is 0 Å². The molecule has 0 radical (unpaired) electrons. The first kappa shape index (κ1) is 6.35. The molecule has 0 amide bonds. The molecule has 1 aromatic rings. The third-order valence-corrected chi connectivity index (χ3v) is 3.20. The van der Waals surface area contributed by atoms with E-state index in [1.54, 1.807) is 11.5 Å². The van der Waals surface area contributed by atoms with Crippen LogP contribution >= 0.6 is 11.5 Å². The second-order valence-electron chi connectivity index (χ2n) is 3.00. The minimum absolute atomic E-state index is 0.867. The second kappa shape index (κ2) is 2.35. The van der Waals surface area contributed by atoms with Gasteiger partial charge in [0.1, 0.15) is 0 Å². The van der Waals surface area contributed by atoms with Crippen molar-refractivity contribution in [3.05, 3.63) is 16.6 Å². The Hall–Kier alpha value is -0.370. The molecule has 1 nitrogen and oxygen atoms in total. The number of rotatable bonds is 1. The van der Waals surface area contributed by atoms with Crippen LogP contribution in [-0.4, -0.2) is 4.37 Å². The Balaban J connectivity index is 2.17. The van der Waals surface area contributed by atoms with Gasteiger partial charge in [0, 0.05) is 4.88 Å². The van der Waals surface area contributed by atoms with Gasteiger partial charge in [-0.3, -0.25) is 0 Å². The van der Waals surface area contributed by atoms with Gasteiger partial charge < -0.3 is 0 Å². The molecule has 54 valence electrons. The number of hydrogen-bond acceptors (Lipinski definition) is 2. The van der Waals surface area contributed by atoms with E-state index in [1.165, 1.54) is 29.8 Å². The predicted molar refractivity (Wildman–Crippen MR) is 43.4 cm³/mol. The first-order valence-corrected chi connectivity index (χ1v) is 4.57. The van der Waals surface area contributed by atoms with E-state index >= 15 is 0 Å². The van der Waals surface area contributed by atoms with Crippen LogP contribution in [0.15, 0.2) is 6.07 Å². The summed E-state index contributed by atoms with van der Waals surface area (Å²) in [5.74, 6) is 0.867. The van der Waals surface area contributed by atoms with E-state index in [2.05, 4.69) is 17.4 Å². The van der Waals surface area contributed by atoms with Gasteiger partial charge in [-0.2, -0.15) is 4.37 Å². The maximum Gasteiger partial charge on any atom is 0.0514 e. The quantitative estimate of drug-likeness (QED) is 0.604. The second-order valence-corrected chi connectivity index (χ2v) is 3.84. The van der Waals surface area contributed by atoms with Crippen molar-refractivity contribution < 1.29 is 0 Å². The highest BCUT2D eigenvalue weighted by atomic mass is 32.1. The summed E-state index contributed by atoms with van der Waals surface area (Å²) >= 11 is 1.68. The third kappa shape index (κ3) is 0.966. The van der Waals surface area contributed by atoms with Crippen molar-refractivity contribution in [2.45, 2.75) is 32.1 Å². The fourth-order valence-corrected chi connectivity index (χ4v) is 2.18. The number of nitrogens with zero attached hydrogens (tertiary/aromatic N) is 1. The molecule has 0 spiro atoms. The van der Waals surface area contributed by atoms with Crippen LogP contribution in [-0.2, 0) is 0 Å². The van der Waals surface area contributed by atoms with Crippen LogP contribution in [0.3, 0.4) is 0 Å². The lowest BCUT2D eigenvalue weighted by Crippen LogP contribution is -2.06. The molecular formula is C8H11NS. The first-order valence-electron chi connectivity index (χ1n) is 3.79. The normalized spacial score (nSPS) is 18.9. The third-order valence-electron chi connectivity index (χ3n) is 2.15. The minimum Gasteiger partial charge on any atom is -0.198 e. The number of aromatic nitrogens is 1. The van der Waals surface area contributed by atoms with Gasteiger partial charge in [0.25, 0.3) is 0 Å². The van der Waals surface area contributed by atoms with Crippen molar-refractivity contribution in [2.75, 3.05) is 0 Å². The van der Waals surface area contributed by atoms with Crippen molar-refractivity contribution >= 4 is 11.5 Å². The zero-order valence-corrected chi connectivity index (χ0v) is 6.95. The standard InChI is InChI=1S/C8H11NS/c1-6-5-8(10-9-6)7-3-2-4-7/h5,7H,2-4H2,1H3. The van der Waals surface area contributed by atoms with Gasteiger partial charge >= 0.3 is 0 Å². The Morgan fingerprint density at radius 1 is 1.60 bits per heavy atom. The molecule has 0 saturated heterocycles. The monoisotopic (exact) mass is 153 g/mol. The summed E-state index contributed by atoms with van der Waals surface area (Å²) in [7, 11) is 0. The van der Waals surface area contributed by atoms with Gasteiger partial charge in [-0.1, -0.05) is 6.42 Å². The van der Waals surface area contributed by atoms with Crippen LogP contribution < -0.4 is 0 Å². The maximum atomic E-state index is 4.26. The zero-order chi connectivity index (χ0) is 6.97.